The number of alkyl halides is 3. The Bertz CT molecular complexity index is 1550. The molecule has 1 atom stereocenters. The van der Waals surface area contributed by atoms with Gasteiger partial charge < -0.3 is 10.8 Å². The second-order valence-electron chi connectivity index (χ2n) is 8.53. The van der Waals surface area contributed by atoms with Crippen LogP contribution in [0.5, 0.6) is 0 Å². The lowest BCUT2D eigenvalue weighted by molar-refractivity contribution is -0.192. The first-order valence-electron chi connectivity index (χ1n) is 11.7. The standard InChI is InChI=1S/C26H24FN3O2.C2HF3O2/c1-18-24(21-14-8-9-15-22(21)27)25(31)30(17-23(28)20-12-6-3-7-13-20)26(32)29(18)16-19-10-4-2-5-11-19;3-2(4,5)1(6)7/h2-15,23H,16-17,28H2,1H3;(H,6,7)/t23-;/m0./s1. The summed E-state index contributed by atoms with van der Waals surface area (Å²) in [6, 6.07) is 24.3. The normalized spacial score (nSPS) is 11.8. The summed E-state index contributed by atoms with van der Waals surface area (Å²) in [6.45, 7) is 1.92. The summed E-state index contributed by atoms with van der Waals surface area (Å²) in [5, 5.41) is 7.12. The number of hydrogen-bond acceptors (Lipinski definition) is 4. The second kappa shape index (κ2) is 12.4. The number of aromatic nitrogens is 2. The molecule has 3 N–H and O–H groups in total. The van der Waals surface area contributed by atoms with Gasteiger partial charge in [-0.3, -0.25) is 13.9 Å². The summed E-state index contributed by atoms with van der Waals surface area (Å²) < 4.78 is 49.1. The first-order valence-corrected chi connectivity index (χ1v) is 11.7. The Balaban J connectivity index is 0.000000532. The molecule has 4 aromatic rings. The van der Waals surface area contributed by atoms with Gasteiger partial charge in [0.2, 0.25) is 0 Å². The zero-order valence-corrected chi connectivity index (χ0v) is 20.7. The van der Waals surface area contributed by atoms with E-state index in [9.17, 15) is 27.2 Å². The van der Waals surface area contributed by atoms with Gasteiger partial charge in [-0.25, -0.2) is 14.0 Å². The molecule has 0 aliphatic heterocycles. The van der Waals surface area contributed by atoms with Crippen molar-refractivity contribution in [2.75, 3.05) is 0 Å². The fraction of sp³-hybridized carbons (Fsp3) is 0.179. The van der Waals surface area contributed by atoms with Crippen LogP contribution in [0.15, 0.2) is 94.5 Å². The largest absolute Gasteiger partial charge is 0.490 e. The molecule has 0 aliphatic carbocycles. The molecule has 0 saturated carbocycles. The van der Waals surface area contributed by atoms with E-state index in [2.05, 4.69) is 0 Å². The van der Waals surface area contributed by atoms with Crippen molar-refractivity contribution in [1.82, 2.24) is 9.13 Å². The molecule has 0 aliphatic rings. The zero-order chi connectivity index (χ0) is 28.7. The van der Waals surface area contributed by atoms with Crippen molar-refractivity contribution in [2.45, 2.75) is 32.2 Å². The van der Waals surface area contributed by atoms with E-state index >= 15 is 0 Å². The maximum Gasteiger partial charge on any atom is 0.490 e. The van der Waals surface area contributed by atoms with Crippen LogP contribution in [0.1, 0.15) is 22.9 Å². The number of aliphatic carboxylic acids is 1. The average molecular weight is 544 g/mol. The van der Waals surface area contributed by atoms with Gasteiger partial charge in [0, 0.05) is 17.3 Å². The van der Waals surface area contributed by atoms with Gasteiger partial charge in [-0.1, -0.05) is 78.9 Å². The monoisotopic (exact) mass is 543 g/mol. The maximum atomic E-state index is 14.7. The third-order valence-electron chi connectivity index (χ3n) is 5.86. The molecule has 11 heteroatoms. The van der Waals surface area contributed by atoms with Crippen LogP contribution in [0.25, 0.3) is 11.1 Å². The Kier molecular flexibility index (Phi) is 9.20. The molecule has 39 heavy (non-hydrogen) atoms. The smallest absolute Gasteiger partial charge is 0.475 e. The van der Waals surface area contributed by atoms with Crippen LogP contribution < -0.4 is 17.0 Å². The van der Waals surface area contributed by atoms with Crippen LogP contribution in [0.2, 0.25) is 0 Å². The molecule has 0 unspecified atom stereocenters. The van der Waals surface area contributed by atoms with Gasteiger partial charge in [-0.05, 0) is 24.1 Å². The SMILES string of the molecule is Cc1c(-c2ccccc2F)c(=O)n(C[C@H](N)c2ccccc2)c(=O)n1Cc1ccccc1.O=C(O)C(F)(F)F. The average Bonchev–Trinajstić information content (AvgIpc) is 2.91. The zero-order valence-electron chi connectivity index (χ0n) is 20.7. The molecule has 0 saturated heterocycles. The third-order valence-corrected chi connectivity index (χ3v) is 5.86. The predicted molar refractivity (Wildman–Crippen MR) is 138 cm³/mol. The third kappa shape index (κ3) is 7.08. The van der Waals surface area contributed by atoms with Crippen molar-refractivity contribution in [3.05, 3.63) is 128 Å². The van der Waals surface area contributed by atoms with E-state index in [0.717, 1.165) is 15.7 Å². The lowest BCUT2D eigenvalue weighted by atomic mass is 10.0. The Morgan fingerprint density at radius 2 is 1.41 bits per heavy atom. The molecule has 7 nitrogen and oxygen atoms in total. The maximum absolute atomic E-state index is 14.7. The number of carboxylic acids is 1. The lowest BCUT2D eigenvalue weighted by Crippen LogP contribution is -2.44. The minimum atomic E-state index is -5.08. The van der Waals surface area contributed by atoms with Crippen LogP contribution >= 0.6 is 0 Å². The number of carboxylic acid groups (broad SMARTS) is 1. The summed E-state index contributed by atoms with van der Waals surface area (Å²) >= 11 is 0. The van der Waals surface area contributed by atoms with Crippen molar-refractivity contribution in [3.63, 3.8) is 0 Å². The number of rotatable bonds is 6. The molecular weight excluding hydrogens is 518 g/mol. The summed E-state index contributed by atoms with van der Waals surface area (Å²) in [4.78, 5) is 35.8. The van der Waals surface area contributed by atoms with E-state index < -0.39 is 35.3 Å². The molecule has 1 aromatic heterocycles. The Morgan fingerprint density at radius 3 is 1.95 bits per heavy atom. The van der Waals surface area contributed by atoms with E-state index in [1.807, 2.05) is 60.7 Å². The quantitative estimate of drug-likeness (QED) is 0.348. The van der Waals surface area contributed by atoms with Crippen molar-refractivity contribution >= 4 is 5.97 Å². The van der Waals surface area contributed by atoms with Gasteiger partial charge in [0.25, 0.3) is 5.56 Å². The van der Waals surface area contributed by atoms with E-state index in [0.29, 0.717) is 5.69 Å². The van der Waals surface area contributed by atoms with E-state index in [1.54, 1.807) is 25.1 Å². The second-order valence-corrected chi connectivity index (χ2v) is 8.53. The van der Waals surface area contributed by atoms with Gasteiger partial charge in [-0.15, -0.1) is 0 Å². The molecule has 1 heterocycles. The fourth-order valence-electron chi connectivity index (χ4n) is 3.89. The molecular formula is C28H25F4N3O4. The van der Waals surface area contributed by atoms with Crippen molar-refractivity contribution in [1.29, 1.82) is 0 Å². The van der Waals surface area contributed by atoms with Gasteiger partial charge in [0.05, 0.1) is 18.7 Å². The Morgan fingerprint density at radius 1 is 0.897 bits per heavy atom. The minimum absolute atomic E-state index is 0.0157. The van der Waals surface area contributed by atoms with Crippen molar-refractivity contribution in [3.8, 4) is 11.1 Å². The van der Waals surface area contributed by atoms with E-state index in [-0.39, 0.29) is 24.2 Å². The minimum Gasteiger partial charge on any atom is -0.475 e. The molecule has 0 radical (unpaired) electrons. The number of nitrogens with zero attached hydrogens (tertiary/aromatic N) is 2. The molecule has 3 aromatic carbocycles. The van der Waals surface area contributed by atoms with E-state index in [1.165, 1.54) is 10.6 Å². The highest BCUT2D eigenvalue weighted by Crippen LogP contribution is 2.23. The Hall–Kier alpha value is -4.51. The fourth-order valence-corrected chi connectivity index (χ4v) is 3.89. The number of nitrogens with two attached hydrogens (primary N) is 1. The first kappa shape index (κ1) is 29.1. The summed E-state index contributed by atoms with van der Waals surface area (Å²) in [6.07, 6.45) is -5.08. The number of carbonyl (C=O) groups is 1. The van der Waals surface area contributed by atoms with Crippen LogP contribution in [-0.2, 0) is 17.9 Å². The number of benzene rings is 3. The summed E-state index contributed by atoms with van der Waals surface area (Å²) in [7, 11) is 0. The van der Waals surface area contributed by atoms with Crippen molar-refractivity contribution < 1.29 is 27.5 Å². The van der Waals surface area contributed by atoms with Gasteiger partial charge in [-0.2, -0.15) is 13.2 Å². The van der Waals surface area contributed by atoms with Crippen LogP contribution in [0, 0.1) is 12.7 Å². The molecule has 0 amide bonds. The van der Waals surface area contributed by atoms with Crippen LogP contribution in [0.4, 0.5) is 17.6 Å². The molecule has 0 spiro atoms. The van der Waals surface area contributed by atoms with Gasteiger partial charge in [0.1, 0.15) is 5.82 Å². The highest BCUT2D eigenvalue weighted by atomic mass is 19.4. The first-order chi connectivity index (χ1) is 18.4. The van der Waals surface area contributed by atoms with Gasteiger partial charge in [0.15, 0.2) is 0 Å². The topological polar surface area (TPSA) is 107 Å². The number of halogens is 4. The predicted octanol–water partition coefficient (Wildman–Crippen LogP) is 4.51. The lowest BCUT2D eigenvalue weighted by Gasteiger charge is -2.20. The number of hydrogen-bond donors (Lipinski definition) is 2. The summed E-state index contributed by atoms with van der Waals surface area (Å²) in [5.41, 5.74) is 7.78. The highest BCUT2D eigenvalue weighted by Gasteiger charge is 2.38. The van der Waals surface area contributed by atoms with Crippen LogP contribution in [0.3, 0.4) is 0 Å². The van der Waals surface area contributed by atoms with Gasteiger partial charge >= 0.3 is 17.8 Å². The van der Waals surface area contributed by atoms with E-state index in [4.69, 9.17) is 15.6 Å². The molecule has 0 fully saturated rings. The summed E-state index contributed by atoms with van der Waals surface area (Å²) in [5.74, 6) is -3.27. The molecule has 0 bridgehead atoms. The van der Waals surface area contributed by atoms with Crippen molar-refractivity contribution in [2.24, 2.45) is 5.73 Å². The van der Waals surface area contributed by atoms with Crippen LogP contribution in [-0.4, -0.2) is 26.4 Å². The highest BCUT2D eigenvalue weighted by molar-refractivity contribution is 5.73. The molecule has 204 valence electrons. The molecule has 4 rings (SSSR count). The Labute approximate surface area is 220 Å².